The van der Waals surface area contributed by atoms with E-state index in [2.05, 4.69) is 20.2 Å². The third-order valence-corrected chi connectivity index (χ3v) is 5.17. The molecule has 2 N–H and O–H groups in total. The summed E-state index contributed by atoms with van der Waals surface area (Å²) in [4.78, 5) is -0.0883. The van der Waals surface area contributed by atoms with Crippen LogP contribution >= 0.6 is 0 Å². The molecule has 8 heteroatoms. The lowest BCUT2D eigenvalue weighted by Crippen LogP contribution is -2.14. The first-order chi connectivity index (χ1) is 12.3. The van der Waals surface area contributed by atoms with Crippen LogP contribution in [0.1, 0.15) is 11.3 Å². The van der Waals surface area contributed by atoms with Gasteiger partial charge in [0.05, 0.1) is 10.6 Å². The predicted octanol–water partition coefficient (Wildman–Crippen LogP) is 3.78. The van der Waals surface area contributed by atoms with E-state index in [0.29, 0.717) is 17.1 Å². The van der Waals surface area contributed by atoms with E-state index in [0.717, 1.165) is 17.4 Å². The summed E-state index contributed by atoms with van der Waals surface area (Å²) in [6.45, 7) is 3.46. The second kappa shape index (κ2) is 7.09. The van der Waals surface area contributed by atoms with Crippen LogP contribution in [0.4, 0.5) is 21.6 Å². The molecule has 1 heterocycles. The number of hydrogen-bond donors (Lipinski definition) is 2. The first-order valence-corrected chi connectivity index (χ1v) is 9.28. The fourth-order valence-electron chi connectivity index (χ4n) is 2.31. The number of nitrogens with zero attached hydrogens (tertiary/aromatic N) is 2. The highest BCUT2D eigenvalue weighted by atomic mass is 32.2. The summed E-state index contributed by atoms with van der Waals surface area (Å²) >= 11 is 0. The van der Waals surface area contributed by atoms with Crippen molar-refractivity contribution in [2.75, 3.05) is 10.0 Å². The van der Waals surface area contributed by atoms with E-state index in [1.54, 1.807) is 37.3 Å². The number of benzene rings is 2. The highest BCUT2D eigenvalue weighted by Gasteiger charge is 2.17. The van der Waals surface area contributed by atoms with Crippen molar-refractivity contribution in [2.24, 2.45) is 0 Å². The molecule has 134 valence electrons. The quantitative estimate of drug-likeness (QED) is 0.712. The molecule has 2 aromatic carbocycles. The number of aromatic nitrogens is 2. The van der Waals surface area contributed by atoms with Crippen LogP contribution in [0.15, 0.2) is 59.5 Å². The molecular weight excluding hydrogens is 355 g/mol. The fourth-order valence-corrected chi connectivity index (χ4v) is 3.62. The number of sulfonamides is 1. The van der Waals surface area contributed by atoms with Crippen LogP contribution in [0.3, 0.4) is 0 Å². The summed E-state index contributed by atoms with van der Waals surface area (Å²) < 4.78 is 40.8. The van der Waals surface area contributed by atoms with Gasteiger partial charge in [-0.2, -0.15) is 5.10 Å². The summed E-state index contributed by atoms with van der Waals surface area (Å²) in [5.41, 5.74) is 2.38. The maximum atomic E-state index is 13.4. The number of rotatable bonds is 5. The molecule has 0 saturated carbocycles. The minimum Gasteiger partial charge on any atom is -0.339 e. The molecule has 0 atom stereocenters. The van der Waals surface area contributed by atoms with Gasteiger partial charge < -0.3 is 5.32 Å². The highest BCUT2D eigenvalue weighted by molar-refractivity contribution is 7.92. The molecule has 3 aromatic rings. The van der Waals surface area contributed by atoms with Crippen LogP contribution < -0.4 is 10.0 Å². The van der Waals surface area contributed by atoms with Crippen molar-refractivity contribution in [1.82, 2.24) is 10.2 Å². The normalized spacial score (nSPS) is 11.2. The van der Waals surface area contributed by atoms with E-state index in [1.165, 1.54) is 12.1 Å². The van der Waals surface area contributed by atoms with Crippen LogP contribution in [0.5, 0.6) is 0 Å². The zero-order chi connectivity index (χ0) is 18.7. The third-order valence-electron chi connectivity index (χ3n) is 3.65. The molecule has 26 heavy (non-hydrogen) atoms. The maximum Gasteiger partial charge on any atom is 0.262 e. The van der Waals surface area contributed by atoms with Gasteiger partial charge in [0, 0.05) is 11.4 Å². The molecular formula is C18H17FN4O2S. The molecule has 3 rings (SSSR count). The van der Waals surface area contributed by atoms with Crippen molar-refractivity contribution < 1.29 is 12.8 Å². The van der Waals surface area contributed by atoms with E-state index in [4.69, 9.17) is 0 Å². The minimum absolute atomic E-state index is 0.0883. The summed E-state index contributed by atoms with van der Waals surface area (Å²) in [7, 11) is -3.88. The molecule has 0 fully saturated rings. The number of hydrogen-bond acceptors (Lipinski definition) is 5. The van der Waals surface area contributed by atoms with Crippen LogP contribution in [-0.4, -0.2) is 18.6 Å². The molecule has 0 radical (unpaired) electrons. The first-order valence-electron chi connectivity index (χ1n) is 7.80. The Hall–Kier alpha value is -3.00. The van der Waals surface area contributed by atoms with E-state index >= 15 is 0 Å². The average Bonchev–Trinajstić information content (AvgIpc) is 2.60. The Labute approximate surface area is 151 Å². The zero-order valence-corrected chi connectivity index (χ0v) is 15.0. The first kappa shape index (κ1) is 17.8. The monoisotopic (exact) mass is 372 g/mol. The molecule has 0 aliphatic carbocycles. The molecule has 1 aromatic heterocycles. The summed E-state index contributed by atoms with van der Waals surface area (Å²) in [6, 6.07) is 13.9. The Morgan fingerprint density at radius 1 is 0.885 bits per heavy atom. The molecule has 0 bridgehead atoms. The molecule has 6 nitrogen and oxygen atoms in total. The Morgan fingerprint density at radius 2 is 1.58 bits per heavy atom. The lowest BCUT2D eigenvalue weighted by molar-refractivity contribution is 0.594. The molecule has 0 amide bonds. The molecule has 0 spiro atoms. The Balaban J connectivity index is 1.76. The summed E-state index contributed by atoms with van der Waals surface area (Å²) in [6.07, 6.45) is 0. The van der Waals surface area contributed by atoms with Crippen molar-refractivity contribution >= 4 is 27.2 Å². The maximum absolute atomic E-state index is 13.4. The van der Waals surface area contributed by atoms with Gasteiger partial charge in [0.15, 0.2) is 5.82 Å². The van der Waals surface area contributed by atoms with Crippen molar-refractivity contribution in [1.29, 1.82) is 0 Å². The Bertz CT molecular complexity index is 1020. The van der Waals surface area contributed by atoms with Gasteiger partial charge >= 0.3 is 0 Å². The lowest BCUT2D eigenvalue weighted by atomic mass is 10.2. The van der Waals surface area contributed by atoms with Gasteiger partial charge in [0.2, 0.25) is 0 Å². The average molecular weight is 372 g/mol. The van der Waals surface area contributed by atoms with E-state index in [9.17, 15) is 12.8 Å². The SMILES string of the molecule is Cc1ccc(Nc2ccc(NS(=O)(=O)c3cc(F)ccc3C)cc2)nn1. The number of aryl methyl sites for hydroxylation is 2. The minimum atomic E-state index is -3.88. The van der Waals surface area contributed by atoms with Crippen molar-refractivity contribution in [3.05, 3.63) is 71.7 Å². The van der Waals surface area contributed by atoms with Gasteiger partial charge in [-0.3, -0.25) is 4.72 Å². The topological polar surface area (TPSA) is 84.0 Å². The second-order valence-corrected chi connectivity index (χ2v) is 7.43. The number of nitrogens with one attached hydrogen (secondary N) is 2. The van der Waals surface area contributed by atoms with E-state index in [-0.39, 0.29) is 4.90 Å². The van der Waals surface area contributed by atoms with Crippen LogP contribution in [0.25, 0.3) is 0 Å². The number of anilines is 3. The highest BCUT2D eigenvalue weighted by Crippen LogP contribution is 2.22. The van der Waals surface area contributed by atoms with Gasteiger partial charge in [-0.05, 0) is 67.9 Å². The van der Waals surface area contributed by atoms with Crippen LogP contribution in [0, 0.1) is 19.7 Å². The van der Waals surface area contributed by atoms with Gasteiger partial charge in [0.25, 0.3) is 10.0 Å². The summed E-state index contributed by atoms with van der Waals surface area (Å²) in [5, 5.41) is 11.0. The van der Waals surface area contributed by atoms with Gasteiger partial charge in [-0.25, -0.2) is 12.8 Å². The van der Waals surface area contributed by atoms with E-state index < -0.39 is 15.8 Å². The second-order valence-electron chi connectivity index (χ2n) is 5.78. The molecule has 0 saturated heterocycles. The fraction of sp³-hybridized carbons (Fsp3) is 0.111. The molecule has 0 unspecified atom stereocenters. The van der Waals surface area contributed by atoms with Crippen molar-refractivity contribution in [2.45, 2.75) is 18.7 Å². The molecule has 0 aliphatic heterocycles. The van der Waals surface area contributed by atoms with Gasteiger partial charge in [0.1, 0.15) is 5.82 Å². The molecule has 0 aliphatic rings. The number of halogens is 1. The Kier molecular flexibility index (Phi) is 4.85. The lowest BCUT2D eigenvalue weighted by Gasteiger charge is -2.11. The summed E-state index contributed by atoms with van der Waals surface area (Å²) in [5.74, 6) is -0.0194. The predicted molar refractivity (Wildman–Crippen MR) is 98.4 cm³/mol. The van der Waals surface area contributed by atoms with Crippen LogP contribution in [0.2, 0.25) is 0 Å². The zero-order valence-electron chi connectivity index (χ0n) is 14.2. The standard InChI is InChI=1S/C18H17FN4O2S/c1-12-3-5-14(19)11-17(12)26(24,25)23-16-8-6-15(7-9-16)20-18-10-4-13(2)21-22-18/h3-11,23H,1-2H3,(H,20,22). The van der Waals surface area contributed by atoms with Crippen molar-refractivity contribution in [3.63, 3.8) is 0 Å². The smallest absolute Gasteiger partial charge is 0.262 e. The van der Waals surface area contributed by atoms with Gasteiger partial charge in [-0.1, -0.05) is 6.07 Å². The van der Waals surface area contributed by atoms with E-state index in [1.807, 2.05) is 13.0 Å². The Morgan fingerprint density at radius 3 is 2.23 bits per heavy atom. The largest absolute Gasteiger partial charge is 0.339 e. The third kappa shape index (κ3) is 4.15. The van der Waals surface area contributed by atoms with Gasteiger partial charge in [-0.15, -0.1) is 5.10 Å². The van der Waals surface area contributed by atoms with Crippen LogP contribution in [-0.2, 0) is 10.0 Å². The van der Waals surface area contributed by atoms with Crippen molar-refractivity contribution in [3.8, 4) is 0 Å².